The van der Waals surface area contributed by atoms with Crippen molar-refractivity contribution in [2.24, 2.45) is 5.18 Å². The molecule has 0 N–H and O–H groups in total. The van der Waals surface area contributed by atoms with Crippen molar-refractivity contribution in [1.82, 2.24) is 0 Å². The van der Waals surface area contributed by atoms with Gasteiger partial charge in [-0.15, -0.1) is 16.5 Å². The minimum atomic E-state index is -3.27. The molecule has 0 radical (unpaired) electrons. The molecule has 98 valence electrons. The molecule has 9 heteroatoms. The summed E-state index contributed by atoms with van der Waals surface area (Å²) in [5.41, 5.74) is 0. The van der Waals surface area contributed by atoms with Crippen LogP contribution in [0.5, 0.6) is 0 Å². The summed E-state index contributed by atoms with van der Waals surface area (Å²) in [4.78, 5) is 32.3. The van der Waals surface area contributed by atoms with Crippen LogP contribution in [0.4, 0.5) is 0 Å². The first kappa shape index (κ1) is 16.0. The molecule has 0 aliphatic heterocycles. The summed E-state index contributed by atoms with van der Waals surface area (Å²) in [6.07, 6.45) is 0. The average molecular weight is 286 g/mol. The zero-order valence-electron chi connectivity index (χ0n) is 9.09. The van der Waals surface area contributed by atoms with Crippen LogP contribution in [0, 0.1) is 4.91 Å². The molecule has 0 aromatic rings. The van der Waals surface area contributed by atoms with Gasteiger partial charge in [0.15, 0.2) is 15.6 Å². The fourth-order valence-corrected chi connectivity index (χ4v) is 1.57. The Morgan fingerprint density at radius 1 is 1.41 bits per heavy atom. The second kappa shape index (κ2) is 7.33. The van der Waals surface area contributed by atoms with Gasteiger partial charge in [-0.2, -0.15) is 0 Å². The van der Waals surface area contributed by atoms with Crippen LogP contribution in [0.15, 0.2) is 5.18 Å². The summed E-state index contributed by atoms with van der Waals surface area (Å²) in [7, 11) is -3.27. The maximum absolute atomic E-state index is 11.2. The fourth-order valence-electron chi connectivity index (χ4n) is 0.799. The second-order valence-corrected chi connectivity index (χ2v) is 5.75. The third kappa shape index (κ3) is 5.73. The highest BCUT2D eigenvalue weighted by atomic mass is 35.5. The van der Waals surface area contributed by atoms with Crippen LogP contribution >= 0.6 is 11.6 Å². The van der Waals surface area contributed by atoms with Crippen LogP contribution in [0.1, 0.15) is 6.92 Å². The maximum atomic E-state index is 11.2. The molecule has 0 amide bonds. The van der Waals surface area contributed by atoms with Crippen LogP contribution in [-0.4, -0.2) is 50.2 Å². The first-order valence-electron chi connectivity index (χ1n) is 4.66. The number of Topliss-reactive ketones (excluding diaryl/α,β-unsaturated/α-hetero) is 1. The number of esters is 1. The summed E-state index contributed by atoms with van der Waals surface area (Å²) in [5, 5.41) is 2.29. The summed E-state index contributed by atoms with van der Waals surface area (Å²) < 4.78 is 26.6. The van der Waals surface area contributed by atoms with E-state index in [1.807, 2.05) is 0 Å². The topological polar surface area (TPSA) is 107 Å². The SMILES string of the molecule is CCS(=O)(=O)CCOC(=O)C(N=O)C(=O)CCl. The number of hydrogen-bond donors (Lipinski definition) is 0. The molecule has 0 aliphatic rings. The van der Waals surface area contributed by atoms with Crippen LogP contribution < -0.4 is 0 Å². The van der Waals surface area contributed by atoms with E-state index in [9.17, 15) is 22.9 Å². The highest BCUT2D eigenvalue weighted by molar-refractivity contribution is 7.91. The number of rotatable bonds is 8. The molecule has 1 atom stereocenters. The number of sulfone groups is 1. The van der Waals surface area contributed by atoms with Gasteiger partial charge in [0.25, 0.3) is 0 Å². The van der Waals surface area contributed by atoms with Crippen molar-refractivity contribution in [3.05, 3.63) is 4.91 Å². The van der Waals surface area contributed by atoms with Crippen molar-refractivity contribution in [3.8, 4) is 0 Å². The van der Waals surface area contributed by atoms with E-state index in [1.54, 1.807) is 0 Å². The lowest BCUT2D eigenvalue weighted by Crippen LogP contribution is -2.32. The quantitative estimate of drug-likeness (QED) is 0.267. The molecule has 0 saturated carbocycles. The number of alkyl halides is 1. The molecule has 1 unspecified atom stereocenters. The van der Waals surface area contributed by atoms with Gasteiger partial charge in [-0.1, -0.05) is 6.92 Å². The van der Waals surface area contributed by atoms with E-state index in [-0.39, 0.29) is 11.5 Å². The second-order valence-electron chi connectivity index (χ2n) is 3.01. The number of nitrogens with zero attached hydrogens (tertiary/aromatic N) is 1. The minimum Gasteiger partial charge on any atom is -0.463 e. The molecule has 0 spiro atoms. The lowest BCUT2D eigenvalue weighted by molar-refractivity contribution is -0.146. The summed E-state index contributed by atoms with van der Waals surface area (Å²) in [5.74, 6) is -3.06. The molecule has 0 heterocycles. The Balaban J connectivity index is 4.26. The first-order valence-corrected chi connectivity index (χ1v) is 7.01. The van der Waals surface area contributed by atoms with Gasteiger partial charge >= 0.3 is 5.97 Å². The molecule has 17 heavy (non-hydrogen) atoms. The average Bonchev–Trinajstić information content (AvgIpc) is 2.29. The standard InChI is InChI=1S/C8H12ClNO6S/c1-2-17(14,15)4-3-16-8(12)7(10-13)6(11)5-9/h7H,2-5H2,1H3. The number of nitroso groups, excluding NO2 is 1. The van der Waals surface area contributed by atoms with Crippen molar-refractivity contribution >= 4 is 33.2 Å². The van der Waals surface area contributed by atoms with Gasteiger partial charge in [0, 0.05) is 5.75 Å². The predicted octanol–water partition coefficient (Wildman–Crippen LogP) is -0.0928. The van der Waals surface area contributed by atoms with Crippen molar-refractivity contribution in [1.29, 1.82) is 0 Å². The Kier molecular flexibility index (Phi) is 6.89. The maximum Gasteiger partial charge on any atom is 0.342 e. The number of halogens is 1. The van der Waals surface area contributed by atoms with Crippen molar-refractivity contribution in [2.75, 3.05) is 24.0 Å². The van der Waals surface area contributed by atoms with Gasteiger partial charge in [0.05, 0.1) is 11.6 Å². The lowest BCUT2D eigenvalue weighted by Gasteiger charge is -2.07. The number of carbonyl (C=O) groups is 2. The number of ketones is 1. The molecule has 0 aromatic heterocycles. The van der Waals surface area contributed by atoms with Crippen LogP contribution in [0.3, 0.4) is 0 Å². The van der Waals surface area contributed by atoms with E-state index in [0.717, 1.165) is 0 Å². The normalized spacial score (nSPS) is 12.8. The highest BCUT2D eigenvalue weighted by Crippen LogP contribution is 2.00. The first-order chi connectivity index (χ1) is 7.87. The minimum absolute atomic E-state index is 0.0828. The monoisotopic (exact) mass is 285 g/mol. The molecule has 0 aromatic carbocycles. The van der Waals surface area contributed by atoms with E-state index in [2.05, 4.69) is 9.91 Å². The van der Waals surface area contributed by atoms with Crippen LogP contribution in [-0.2, 0) is 24.2 Å². The van der Waals surface area contributed by atoms with Gasteiger partial charge in [0.2, 0.25) is 6.04 Å². The van der Waals surface area contributed by atoms with E-state index in [1.165, 1.54) is 6.92 Å². The third-order valence-electron chi connectivity index (χ3n) is 1.84. The summed E-state index contributed by atoms with van der Waals surface area (Å²) >= 11 is 5.15. The van der Waals surface area contributed by atoms with E-state index in [4.69, 9.17) is 11.6 Å². The molecule has 0 bridgehead atoms. The molecule has 7 nitrogen and oxygen atoms in total. The molecular weight excluding hydrogens is 274 g/mol. The Labute approximate surface area is 103 Å². The smallest absolute Gasteiger partial charge is 0.342 e. The van der Waals surface area contributed by atoms with Crippen LogP contribution in [0.25, 0.3) is 0 Å². The summed E-state index contributed by atoms with van der Waals surface area (Å²) in [6, 6.07) is -1.82. The zero-order valence-corrected chi connectivity index (χ0v) is 10.7. The third-order valence-corrected chi connectivity index (χ3v) is 3.78. The van der Waals surface area contributed by atoms with Crippen LogP contribution in [0.2, 0.25) is 0 Å². The molecule has 0 rings (SSSR count). The fraction of sp³-hybridized carbons (Fsp3) is 0.750. The van der Waals surface area contributed by atoms with Gasteiger partial charge in [-0.3, -0.25) is 4.79 Å². The Bertz CT molecular complexity index is 393. The molecule has 0 fully saturated rings. The highest BCUT2D eigenvalue weighted by Gasteiger charge is 2.28. The number of carbonyl (C=O) groups excluding carboxylic acids is 2. The van der Waals surface area contributed by atoms with Crippen molar-refractivity contribution in [3.63, 3.8) is 0 Å². The van der Waals surface area contributed by atoms with E-state index >= 15 is 0 Å². The van der Waals surface area contributed by atoms with Gasteiger partial charge in [-0.25, -0.2) is 13.2 Å². The van der Waals surface area contributed by atoms with Gasteiger partial charge < -0.3 is 4.74 Å². The van der Waals surface area contributed by atoms with Crippen molar-refractivity contribution < 1.29 is 22.7 Å². The van der Waals surface area contributed by atoms with E-state index in [0.29, 0.717) is 0 Å². The Morgan fingerprint density at radius 2 is 2.00 bits per heavy atom. The predicted molar refractivity (Wildman–Crippen MR) is 60.6 cm³/mol. The van der Waals surface area contributed by atoms with Crippen molar-refractivity contribution in [2.45, 2.75) is 13.0 Å². The van der Waals surface area contributed by atoms with Gasteiger partial charge in [-0.05, 0) is 5.18 Å². The number of ether oxygens (including phenoxy) is 1. The molecular formula is C8H12ClNO6S. The van der Waals surface area contributed by atoms with E-state index < -0.39 is 40.1 Å². The lowest BCUT2D eigenvalue weighted by atomic mass is 10.2. The Morgan fingerprint density at radius 3 is 2.41 bits per heavy atom. The number of hydrogen-bond acceptors (Lipinski definition) is 7. The largest absolute Gasteiger partial charge is 0.463 e. The summed E-state index contributed by atoms with van der Waals surface area (Å²) in [6.45, 7) is 1.03. The molecule has 0 saturated heterocycles. The van der Waals surface area contributed by atoms with Gasteiger partial charge in [0.1, 0.15) is 6.61 Å². The Hall–Kier alpha value is -1.02. The zero-order chi connectivity index (χ0) is 13.5. The molecule has 0 aliphatic carbocycles.